The number of carbonyl (C=O) groups excluding carboxylic acids is 1. The van der Waals surface area contributed by atoms with Crippen LogP contribution < -0.4 is 0 Å². The fourth-order valence-corrected chi connectivity index (χ4v) is 6.92. The molecule has 2 aliphatic rings. The summed E-state index contributed by atoms with van der Waals surface area (Å²) in [7, 11) is 0. The molecule has 0 radical (unpaired) electrons. The van der Waals surface area contributed by atoms with Crippen molar-refractivity contribution in [2.75, 3.05) is 26.2 Å². The van der Waals surface area contributed by atoms with Crippen molar-refractivity contribution >= 4 is 29.1 Å². The third-order valence-corrected chi connectivity index (χ3v) is 8.77. The van der Waals surface area contributed by atoms with E-state index in [2.05, 4.69) is 6.07 Å². The normalized spacial score (nSPS) is 25.0. The minimum absolute atomic E-state index is 0.0885. The number of aliphatic hydroxyl groups is 1. The molecule has 2 saturated heterocycles. The van der Waals surface area contributed by atoms with Gasteiger partial charge in [-0.3, -0.25) is 9.69 Å². The number of unbranched alkanes of at least 4 members (excludes halogenated alkanes) is 1. The van der Waals surface area contributed by atoms with E-state index in [1.807, 2.05) is 25.7 Å². The number of amides is 1. The molecule has 0 aromatic heterocycles. The Hall–Kier alpha value is -2.28. The Bertz CT molecular complexity index is 1350. The molecule has 0 spiro atoms. The number of fused-ring (bicyclic) bond motifs is 1. The molecule has 2 aromatic carbocycles. The third-order valence-electron chi connectivity index (χ3n) is 8.24. The summed E-state index contributed by atoms with van der Waals surface area (Å²) < 4.78 is 37.2. The topological polar surface area (TPSA) is 76.8 Å². The average Bonchev–Trinajstić information content (AvgIpc) is 3.15. The number of hydrogen-bond donors (Lipinski definition) is 1. The number of ether oxygens (including phenoxy) is 1. The summed E-state index contributed by atoms with van der Waals surface area (Å²) in [5.74, 6) is -3.91. The smallest absolute Gasteiger partial charge is 0.240 e. The van der Waals surface area contributed by atoms with Crippen LogP contribution in [-0.4, -0.2) is 64.9 Å². The lowest BCUT2D eigenvalue weighted by Gasteiger charge is -2.42. The predicted molar refractivity (Wildman–Crippen MR) is 159 cm³/mol. The molecule has 0 aliphatic carbocycles. The van der Waals surface area contributed by atoms with Crippen molar-refractivity contribution < 1.29 is 23.4 Å². The number of benzene rings is 2. The van der Waals surface area contributed by atoms with Gasteiger partial charge < -0.3 is 14.7 Å². The maximum absolute atomic E-state index is 15.9. The van der Waals surface area contributed by atoms with Gasteiger partial charge in [-0.05, 0) is 62.3 Å². The number of nitriles is 1. The molecule has 2 aliphatic heterocycles. The van der Waals surface area contributed by atoms with E-state index in [0.29, 0.717) is 45.5 Å². The minimum Gasteiger partial charge on any atom is -0.366 e. The van der Waals surface area contributed by atoms with Crippen molar-refractivity contribution in [1.82, 2.24) is 9.80 Å². The van der Waals surface area contributed by atoms with Gasteiger partial charge in [-0.15, -0.1) is 0 Å². The Balaban J connectivity index is 1.84. The van der Waals surface area contributed by atoms with Gasteiger partial charge in [-0.2, -0.15) is 5.26 Å². The lowest BCUT2D eigenvalue weighted by atomic mass is 9.62. The summed E-state index contributed by atoms with van der Waals surface area (Å²) in [5.41, 5.74) is -1.73. The van der Waals surface area contributed by atoms with Crippen LogP contribution in [0, 0.1) is 28.4 Å². The van der Waals surface area contributed by atoms with Crippen molar-refractivity contribution in [2.45, 2.75) is 83.1 Å². The summed E-state index contributed by atoms with van der Waals surface area (Å²) in [6.07, 6.45) is 1.71. The van der Waals surface area contributed by atoms with Crippen molar-refractivity contribution in [3.63, 3.8) is 0 Å². The quantitative estimate of drug-likeness (QED) is 0.250. The number of hydrogen-bond acceptors (Lipinski definition) is 5. The predicted octanol–water partition coefficient (Wildman–Crippen LogP) is 6.67. The van der Waals surface area contributed by atoms with Gasteiger partial charge in [0.1, 0.15) is 17.0 Å². The third kappa shape index (κ3) is 6.46. The highest BCUT2D eigenvalue weighted by molar-refractivity contribution is 6.31. The van der Waals surface area contributed by atoms with E-state index >= 15 is 8.78 Å². The lowest BCUT2D eigenvalue weighted by molar-refractivity contribution is -0.176. The molecule has 228 valence electrons. The molecule has 42 heavy (non-hydrogen) atoms. The van der Waals surface area contributed by atoms with E-state index in [1.54, 1.807) is 30.9 Å². The van der Waals surface area contributed by atoms with Gasteiger partial charge in [0.05, 0.1) is 23.7 Å². The lowest BCUT2D eigenvalue weighted by Crippen LogP contribution is -2.58. The summed E-state index contributed by atoms with van der Waals surface area (Å²) in [5, 5.41) is 20.9. The zero-order valence-corrected chi connectivity index (χ0v) is 26.3. The first-order valence-corrected chi connectivity index (χ1v) is 15.1. The van der Waals surface area contributed by atoms with Crippen LogP contribution in [-0.2, 0) is 14.9 Å². The van der Waals surface area contributed by atoms with Crippen molar-refractivity contribution in [2.24, 2.45) is 5.41 Å². The Labute approximate surface area is 257 Å². The van der Waals surface area contributed by atoms with Crippen LogP contribution in [0.4, 0.5) is 8.78 Å². The van der Waals surface area contributed by atoms with Crippen molar-refractivity contribution in [1.29, 1.82) is 5.26 Å². The maximum Gasteiger partial charge on any atom is 0.240 e. The molecule has 1 unspecified atom stereocenters. The highest BCUT2D eigenvalue weighted by Gasteiger charge is 2.66. The number of carbonyl (C=O) groups is 1. The largest absolute Gasteiger partial charge is 0.366 e. The van der Waals surface area contributed by atoms with Crippen LogP contribution in [0.25, 0.3) is 0 Å². The SMILES string of the molecule is CC(C)(C)C[C@@H]1N2CCN(CCCCOC(C)(C)O)C(=O)[C@H]2C(c2cccc(Cl)c2F)[C@@]1(C#N)c1ccc(Cl)cc1F. The molecule has 1 amide bonds. The monoisotopic (exact) mass is 621 g/mol. The second kappa shape index (κ2) is 12.4. The summed E-state index contributed by atoms with van der Waals surface area (Å²) in [6, 6.07) is 9.67. The molecule has 10 heteroatoms. The van der Waals surface area contributed by atoms with Crippen LogP contribution in [0.2, 0.25) is 10.0 Å². The van der Waals surface area contributed by atoms with Gasteiger partial charge in [0.15, 0.2) is 5.79 Å². The van der Waals surface area contributed by atoms with Gasteiger partial charge in [0, 0.05) is 42.2 Å². The summed E-state index contributed by atoms with van der Waals surface area (Å²) in [6.45, 7) is 10.8. The van der Waals surface area contributed by atoms with Crippen LogP contribution in [0.3, 0.4) is 0 Å². The van der Waals surface area contributed by atoms with E-state index in [-0.39, 0.29) is 32.5 Å². The number of nitrogens with zero attached hydrogens (tertiary/aromatic N) is 3. The summed E-state index contributed by atoms with van der Waals surface area (Å²) >= 11 is 12.4. The van der Waals surface area contributed by atoms with Gasteiger partial charge in [0.2, 0.25) is 5.91 Å². The van der Waals surface area contributed by atoms with E-state index in [9.17, 15) is 15.2 Å². The fourth-order valence-electron chi connectivity index (χ4n) is 6.58. The number of piperazine rings is 1. The first-order valence-electron chi connectivity index (χ1n) is 14.3. The Morgan fingerprint density at radius 2 is 1.83 bits per heavy atom. The second-order valence-corrected chi connectivity index (χ2v) is 13.9. The molecule has 4 rings (SSSR count). The molecule has 0 bridgehead atoms. The average molecular weight is 623 g/mol. The van der Waals surface area contributed by atoms with Gasteiger partial charge in [-0.1, -0.05) is 62.2 Å². The number of halogens is 4. The zero-order valence-electron chi connectivity index (χ0n) is 24.8. The maximum atomic E-state index is 15.9. The molecule has 1 N–H and O–H groups in total. The van der Waals surface area contributed by atoms with E-state index < -0.39 is 40.8 Å². The molecule has 6 nitrogen and oxygen atoms in total. The van der Waals surface area contributed by atoms with Crippen molar-refractivity contribution in [3.05, 3.63) is 69.2 Å². The highest BCUT2D eigenvalue weighted by atomic mass is 35.5. The van der Waals surface area contributed by atoms with Crippen LogP contribution in [0.15, 0.2) is 36.4 Å². The molecule has 2 fully saturated rings. The molecule has 4 atom stereocenters. The van der Waals surface area contributed by atoms with E-state index in [4.69, 9.17) is 27.9 Å². The number of rotatable bonds is 9. The highest BCUT2D eigenvalue weighted by Crippen LogP contribution is 2.57. The fraction of sp³-hybridized carbons (Fsp3) is 0.562. The molecule has 0 saturated carbocycles. The molecule has 2 aromatic rings. The van der Waals surface area contributed by atoms with Gasteiger partial charge in [0.25, 0.3) is 0 Å². The van der Waals surface area contributed by atoms with Crippen LogP contribution >= 0.6 is 23.2 Å². The van der Waals surface area contributed by atoms with Gasteiger partial charge in [-0.25, -0.2) is 8.78 Å². The first-order chi connectivity index (χ1) is 19.6. The van der Waals surface area contributed by atoms with Crippen LogP contribution in [0.1, 0.15) is 70.9 Å². The minimum atomic E-state index is -1.62. The van der Waals surface area contributed by atoms with Crippen molar-refractivity contribution in [3.8, 4) is 6.07 Å². The Morgan fingerprint density at radius 3 is 2.45 bits per heavy atom. The molecule has 2 heterocycles. The second-order valence-electron chi connectivity index (χ2n) is 13.0. The molecular weight excluding hydrogens is 583 g/mol. The van der Waals surface area contributed by atoms with E-state index in [1.165, 1.54) is 18.2 Å². The molecular formula is C32H39Cl2F2N3O3. The summed E-state index contributed by atoms with van der Waals surface area (Å²) in [4.78, 5) is 18.1. The first kappa shape index (κ1) is 32.6. The van der Waals surface area contributed by atoms with E-state index in [0.717, 1.165) is 6.07 Å². The Morgan fingerprint density at radius 1 is 1.12 bits per heavy atom. The van der Waals surface area contributed by atoms with Gasteiger partial charge >= 0.3 is 0 Å². The Kier molecular flexibility index (Phi) is 9.61. The van der Waals surface area contributed by atoms with Crippen LogP contribution in [0.5, 0.6) is 0 Å². The zero-order chi connectivity index (χ0) is 31.0. The standard InChI is InChI=1S/C32H39Cl2F2N3O3/c1-30(2,3)18-25-32(19-37,22-12-11-20(33)17-24(22)35)26(21-9-8-10-23(34)27(21)36)28-29(40)38(14-15-39(25)28)13-6-7-16-42-31(4,5)41/h8-12,17,25-26,28,41H,6-7,13-16,18H2,1-5H3/t25-,26?,28+,32-/m0/s1.